The molecule has 0 aliphatic carbocycles. The Labute approximate surface area is 179 Å². The van der Waals surface area contributed by atoms with Crippen LogP contribution in [0, 0.1) is 0 Å². The van der Waals surface area contributed by atoms with Crippen LogP contribution >= 0.6 is 0 Å². The molecule has 1 fully saturated rings. The Bertz CT molecular complexity index is 1080. The van der Waals surface area contributed by atoms with Crippen molar-refractivity contribution in [3.05, 3.63) is 58.7 Å². The SMILES string of the molecule is Nc1ccc2c(c1)CN(Cc1ccc3c(c1)CN(C1CCC(=O)NC1=O)C3=O)CCO2. The molecule has 8 nitrogen and oxygen atoms in total. The van der Waals surface area contributed by atoms with Crippen molar-refractivity contribution in [3.8, 4) is 5.75 Å². The van der Waals surface area contributed by atoms with Gasteiger partial charge in [0.25, 0.3) is 5.91 Å². The molecule has 5 rings (SSSR count). The molecule has 3 amide bonds. The number of ether oxygens (including phenoxy) is 1. The maximum absolute atomic E-state index is 12.9. The van der Waals surface area contributed by atoms with Crippen LogP contribution in [0.25, 0.3) is 0 Å². The van der Waals surface area contributed by atoms with E-state index in [-0.39, 0.29) is 24.1 Å². The van der Waals surface area contributed by atoms with Gasteiger partial charge in [-0.1, -0.05) is 12.1 Å². The van der Waals surface area contributed by atoms with E-state index in [0.717, 1.165) is 42.1 Å². The number of fused-ring (bicyclic) bond motifs is 2. The van der Waals surface area contributed by atoms with Crippen LogP contribution in [0.5, 0.6) is 5.75 Å². The van der Waals surface area contributed by atoms with E-state index in [1.807, 2.05) is 36.4 Å². The number of hydrogen-bond acceptors (Lipinski definition) is 6. The first kappa shape index (κ1) is 19.6. The highest BCUT2D eigenvalue weighted by Gasteiger charge is 2.39. The van der Waals surface area contributed by atoms with Gasteiger partial charge in [-0.05, 0) is 41.8 Å². The van der Waals surface area contributed by atoms with E-state index in [2.05, 4.69) is 10.2 Å². The molecule has 3 N–H and O–H groups in total. The minimum atomic E-state index is -0.592. The number of imide groups is 1. The molecule has 3 heterocycles. The molecular formula is C23H24N4O4. The second-order valence-electron chi connectivity index (χ2n) is 8.32. The molecule has 0 saturated carbocycles. The molecule has 3 aliphatic heterocycles. The Morgan fingerprint density at radius 2 is 1.94 bits per heavy atom. The number of nitrogens with zero attached hydrogens (tertiary/aromatic N) is 2. The van der Waals surface area contributed by atoms with Gasteiger partial charge < -0.3 is 15.4 Å². The number of nitrogens with two attached hydrogens (primary N) is 1. The molecule has 8 heteroatoms. The number of piperidine rings is 1. The van der Waals surface area contributed by atoms with E-state index >= 15 is 0 Å². The first-order chi connectivity index (χ1) is 15.0. The predicted molar refractivity (Wildman–Crippen MR) is 113 cm³/mol. The lowest BCUT2D eigenvalue weighted by molar-refractivity contribution is -0.136. The number of hydrogen-bond donors (Lipinski definition) is 2. The molecule has 1 unspecified atom stereocenters. The van der Waals surface area contributed by atoms with Crippen molar-refractivity contribution in [1.82, 2.24) is 15.1 Å². The molecule has 160 valence electrons. The van der Waals surface area contributed by atoms with Crippen LogP contribution in [0.4, 0.5) is 5.69 Å². The fraction of sp³-hybridized carbons (Fsp3) is 0.348. The van der Waals surface area contributed by atoms with Gasteiger partial charge in [0, 0.05) is 49.4 Å². The lowest BCUT2D eigenvalue weighted by Crippen LogP contribution is -2.52. The standard InChI is InChI=1S/C23H24N4O4/c24-17-2-5-20-16(10-17)12-26(7-8-31-20)11-14-1-3-18-15(9-14)13-27(23(18)30)19-4-6-21(28)25-22(19)29/h1-3,5,9-10,19H,4,6-8,11-13,24H2,(H,25,28,29). The molecule has 2 aromatic rings. The Balaban J connectivity index is 1.31. The van der Waals surface area contributed by atoms with Crippen molar-refractivity contribution < 1.29 is 19.1 Å². The van der Waals surface area contributed by atoms with Crippen molar-refractivity contribution >= 4 is 23.4 Å². The number of amides is 3. The highest BCUT2D eigenvalue weighted by molar-refractivity contribution is 6.05. The summed E-state index contributed by atoms with van der Waals surface area (Å²) in [5, 5.41) is 2.34. The van der Waals surface area contributed by atoms with Crippen molar-refractivity contribution in [2.45, 2.75) is 38.5 Å². The monoisotopic (exact) mass is 420 g/mol. The van der Waals surface area contributed by atoms with E-state index < -0.39 is 6.04 Å². The molecule has 0 bridgehead atoms. The Kier molecular flexibility index (Phi) is 4.86. The fourth-order valence-corrected chi connectivity index (χ4v) is 4.59. The van der Waals surface area contributed by atoms with Crippen LogP contribution in [0.3, 0.4) is 0 Å². The molecule has 31 heavy (non-hydrogen) atoms. The zero-order valence-electron chi connectivity index (χ0n) is 17.1. The van der Waals surface area contributed by atoms with Crippen molar-refractivity contribution in [2.75, 3.05) is 18.9 Å². The summed E-state index contributed by atoms with van der Waals surface area (Å²) in [6.07, 6.45) is 0.623. The van der Waals surface area contributed by atoms with Crippen molar-refractivity contribution in [1.29, 1.82) is 0 Å². The molecule has 0 radical (unpaired) electrons. The largest absolute Gasteiger partial charge is 0.492 e. The molecule has 1 atom stereocenters. The highest BCUT2D eigenvalue weighted by atomic mass is 16.5. The van der Waals surface area contributed by atoms with Gasteiger partial charge in [-0.25, -0.2) is 0 Å². The summed E-state index contributed by atoms with van der Waals surface area (Å²) in [4.78, 5) is 40.4. The Morgan fingerprint density at radius 3 is 2.77 bits per heavy atom. The zero-order chi connectivity index (χ0) is 21.5. The number of carbonyl (C=O) groups excluding carboxylic acids is 3. The van der Waals surface area contributed by atoms with Gasteiger partial charge >= 0.3 is 0 Å². The molecular weight excluding hydrogens is 396 g/mol. The summed E-state index contributed by atoms with van der Waals surface area (Å²) < 4.78 is 5.85. The van der Waals surface area contributed by atoms with E-state index in [1.54, 1.807) is 4.90 Å². The van der Waals surface area contributed by atoms with Gasteiger partial charge in [0.05, 0.1) is 0 Å². The van der Waals surface area contributed by atoms with Gasteiger partial charge in [0.1, 0.15) is 18.4 Å². The third-order valence-electron chi connectivity index (χ3n) is 6.14. The number of nitrogen functional groups attached to an aromatic ring is 1. The summed E-state index contributed by atoms with van der Waals surface area (Å²) >= 11 is 0. The summed E-state index contributed by atoms with van der Waals surface area (Å²) in [5.41, 5.74) is 10.4. The summed E-state index contributed by atoms with van der Waals surface area (Å²) in [6, 6.07) is 11.0. The van der Waals surface area contributed by atoms with Crippen LogP contribution in [0.1, 0.15) is 39.9 Å². The van der Waals surface area contributed by atoms with E-state index in [4.69, 9.17) is 10.5 Å². The van der Waals surface area contributed by atoms with Crippen LogP contribution in [0.2, 0.25) is 0 Å². The summed E-state index contributed by atoms with van der Waals surface area (Å²) in [5.74, 6) is 0.0531. The zero-order valence-corrected chi connectivity index (χ0v) is 17.1. The topological polar surface area (TPSA) is 105 Å². The van der Waals surface area contributed by atoms with Crippen molar-refractivity contribution in [3.63, 3.8) is 0 Å². The first-order valence-corrected chi connectivity index (χ1v) is 10.5. The fourth-order valence-electron chi connectivity index (χ4n) is 4.59. The second-order valence-corrected chi connectivity index (χ2v) is 8.32. The van der Waals surface area contributed by atoms with Gasteiger partial charge in [-0.15, -0.1) is 0 Å². The van der Waals surface area contributed by atoms with Gasteiger partial charge in [-0.3, -0.25) is 24.6 Å². The summed E-state index contributed by atoms with van der Waals surface area (Å²) in [6.45, 7) is 3.23. The lowest BCUT2D eigenvalue weighted by Gasteiger charge is -2.29. The first-order valence-electron chi connectivity index (χ1n) is 10.5. The van der Waals surface area contributed by atoms with Crippen LogP contribution in [-0.4, -0.2) is 46.7 Å². The maximum atomic E-state index is 12.9. The lowest BCUT2D eigenvalue weighted by atomic mass is 10.0. The third kappa shape index (κ3) is 3.74. The molecule has 1 saturated heterocycles. The van der Waals surface area contributed by atoms with Gasteiger partial charge in [0.2, 0.25) is 11.8 Å². The smallest absolute Gasteiger partial charge is 0.255 e. The Morgan fingerprint density at radius 1 is 1.06 bits per heavy atom. The number of nitrogens with one attached hydrogen (secondary N) is 1. The van der Waals surface area contributed by atoms with Gasteiger partial charge in [-0.2, -0.15) is 0 Å². The van der Waals surface area contributed by atoms with Gasteiger partial charge in [0.15, 0.2) is 0 Å². The number of benzene rings is 2. The molecule has 2 aromatic carbocycles. The van der Waals surface area contributed by atoms with E-state index in [0.29, 0.717) is 30.8 Å². The number of rotatable bonds is 3. The normalized spacial score (nSPS) is 21.2. The molecule has 3 aliphatic rings. The Hall–Kier alpha value is -3.39. The average molecular weight is 420 g/mol. The average Bonchev–Trinajstić information content (AvgIpc) is 2.92. The molecule has 0 spiro atoms. The minimum absolute atomic E-state index is 0.149. The van der Waals surface area contributed by atoms with E-state index in [1.165, 1.54) is 0 Å². The van der Waals surface area contributed by atoms with Crippen LogP contribution in [0.15, 0.2) is 36.4 Å². The van der Waals surface area contributed by atoms with Crippen LogP contribution in [-0.2, 0) is 29.2 Å². The maximum Gasteiger partial charge on any atom is 0.255 e. The van der Waals surface area contributed by atoms with Crippen molar-refractivity contribution in [2.24, 2.45) is 0 Å². The highest BCUT2D eigenvalue weighted by Crippen LogP contribution is 2.30. The molecule has 0 aromatic heterocycles. The third-order valence-corrected chi connectivity index (χ3v) is 6.14. The predicted octanol–water partition coefficient (Wildman–Crippen LogP) is 1.42. The van der Waals surface area contributed by atoms with Crippen LogP contribution < -0.4 is 15.8 Å². The summed E-state index contributed by atoms with van der Waals surface area (Å²) in [7, 11) is 0. The second kappa shape index (κ2) is 7.70. The minimum Gasteiger partial charge on any atom is -0.492 e. The van der Waals surface area contributed by atoms with E-state index in [9.17, 15) is 14.4 Å². The number of anilines is 1. The number of carbonyl (C=O) groups is 3. The quantitative estimate of drug-likeness (QED) is 0.575.